The van der Waals surface area contributed by atoms with Crippen LogP contribution in [-0.4, -0.2) is 13.1 Å². The van der Waals surface area contributed by atoms with Gasteiger partial charge in [-0.15, -0.1) is 11.8 Å². The van der Waals surface area contributed by atoms with Crippen molar-refractivity contribution >= 4 is 0 Å². The maximum atomic E-state index is 3.29. The smallest absolute Gasteiger partial charge is 0.0243 e. The summed E-state index contributed by atoms with van der Waals surface area (Å²) in [7, 11) is 2.02. The SMILES string of the molecule is CC#CCC(CCCCC)NC. The molecule has 1 N–H and O–H groups in total. The van der Waals surface area contributed by atoms with Crippen LogP contribution in [0.3, 0.4) is 0 Å². The molecule has 1 atom stereocenters. The molecular weight excluding hydrogens is 146 g/mol. The Labute approximate surface area is 76.9 Å². The van der Waals surface area contributed by atoms with E-state index in [9.17, 15) is 0 Å². The van der Waals surface area contributed by atoms with Crippen LogP contribution in [0.1, 0.15) is 46.0 Å². The largest absolute Gasteiger partial charge is 0.316 e. The zero-order valence-corrected chi connectivity index (χ0v) is 8.61. The van der Waals surface area contributed by atoms with Crippen molar-refractivity contribution in [1.82, 2.24) is 5.32 Å². The molecule has 0 aliphatic rings. The number of rotatable bonds is 6. The number of hydrogen-bond donors (Lipinski definition) is 1. The average molecular weight is 167 g/mol. The third-order valence-electron chi connectivity index (χ3n) is 2.09. The second-order valence-corrected chi connectivity index (χ2v) is 3.11. The Hall–Kier alpha value is -0.480. The Morgan fingerprint density at radius 2 is 2.08 bits per heavy atom. The van der Waals surface area contributed by atoms with Crippen molar-refractivity contribution in [3.63, 3.8) is 0 Å². The summed E-state index contributed by atoms with van der Waals surface area (Å²) in [6, 6.07) is 0.601. The standard InChI is InChI=1S/C11H21N/c1-4-6-8-10-11(12-3)9-7-5-2/h11-12H,4,6,8-10H2,1-3H3. The first-order chi connectivity index (χ1) is 5.85. The van der Waals surface area contributed by atoms with Crippen LogP contribution in [-0.2, 0) is 0 Å². The highest BCUT2D eigenvalue weighted by Gasteiger charge is 2.02. The van der Waals surface area contributed by atoms with Crippen molar-refractivity contribution in [2.24, 2.45) is 0 Å². The van der Waals surface area contributed by atoms with Crippen LogP contribution < -0.4 is 5.32 Å². The van der Waals surface area contributed by atoms with Crippen LogP contribution in [0.2, 0.25) is 0 Å². The van der Waals surface area contributed by atoms with E-state index in [-0.39, 0.29) is 0 Å². The maximum absolute atomic E-state index is 3.29. The van der Waals surface area contributed by atoms with Crippen LogP contribution in [0.25, 0.3) is 0 Å². The van der Waals surface area contributed by atoms with Gasteiger partial charge in [0.15, 0.2) is 0 Å². The Morgan fingerprint density at radius 3 is 2.58 bits per heavy atom. The molecular formula is C11H21N. The van der Waals surface area contributed by atoms with Crippen LogP contribution >= 0.6 is 0 Å². The Kier molecular flexibility index (Phi) is 8.27. The number of nitrogens with one attached hydrogen (secondary N) is 1. The van der Waals surface area contributed by atoms with E-state index >= 15 is 0 Å². The summed E-state index contributed by atoms with van der Waals surface area (Å²) in [5.74, 6) is 6.05. The van der Waals surface area contributed by atoms with E-state index in [4.69, 9.17) is 0 Å². The number of hydrogen-bond acceptors (Lipinski definition) is 1. The van der Waals surface area contributed by atoms with Gasteiger partial charge >= 0.3 is 0 Å². The first kappa shape index (κ1) is 11.5. The summed E-state index contributed by atoms with van der Waals surface area (Å²) in [6.45, 7) is 4.14. The molecule has 0 radical (unpaired) electrons. The van der Waals surface area contributed by atoms with Gasteiger partial charge in [0.2, 0.25) is 0 Å². The third-order valence-corrected chi connectivity index (χ3v) is 2.09. The van der Waals surface area contributed by atoms with Gasteiger partial charge in [-0.1, -0.05) is 26.2 Å². The lowest BCUT2D eigenvalue weighted by Crippen LogP contribution is -2.24. The Bertz CT molecular complexity index is 141. The molecule has 1 heteroatoms. The van der Waals surface area contributed by atoms with Gasteiger partial charge < -0.3 is 5.32 Å². The van der Waals surface area contributed by atoms with E-state index in [1.54, 1.807) is 0 Å². The summed E-state index contributed by atoms with van der Waals surface area (Å²) < 4.78 is 0. The van der Waals surface area contributed by atoms with Gasteiger partial charge in [-0.25, -0.2) is 0 Å². The quantitative estimate of drug-likeness (QED) is 0.473. The summed E-state index contributed by atoms with van der Waals surface area (Å²) in [6.07, 6.45) is 6.23. The topological polar surface area (TPSA) is 12.0 Å². The predicted molar refractivity (Wildman–Crippen MR) is 55.1 cm³/mol. The molecule has 1 unspecified atom stereocenters. The highest BCUT2D eigenvalue weighted by molar-refractivity contribution is 4.97. The lowest BCUT2D eigenvalue weighted by molar-refractivity contribution is 0.501. The van der Waals surface area contributed by atoms with Crippen molar-refractivity contribution in [2.45, 2.75) is 52.0 Å². The van der Waals surface area contributed by atoms with Gasteiger partial charge in [0, 0.05) is 12.5 Å². The molecule has 0 spiro atoms. The van der Waals surface area contributed by atoms with E-state index in [1.165, 1.54) is 25.7 Å². The molecule has 0 saturated carbocycles. The molecule has 0 aromatic carbocycles. The fraction of sp³-hybridized carbons (Fsp3) is 0.818. The highest BCUT2D eigenvalue weighted by atomic mass is 14.9. The summed E-state index contributed by atoms with van der Waals surface area (Å²) >= 11 is 0. The van der Waals surface area contributed by atoms with Gasteiger partial charge in [-0.2, -0.15) is 0 Å². The second kappa shape index (κ2) is 8.62. The van der Waals surface area contributed by atoms with Gasteiger partial charge in [-0.3, -0.25) is 0 Å². The molecule has 0 aliphatic carbocycles. The van der Waals surface area contributed by atoms with Crippen molar-refractivity contribution in [3.8, 4) is 11.8 Å². The van der Waals surface area contributed by atoms with E-state index in [0.29, 0.717) is 6.04 Å². The van der Waals surface area contributed by atoms with Crippen molar-refractivity contribution < 1.29 is 0 Å². The summed E-state index contributed by atoms with van der Waals surface area (Å²) in [5, 5.41) is 3.29. The molecule has 0 amide bonds. The average Bonchev–Trinajstić information content (AvgIpc) is 2.11. The van der Waals surface area contributed by atoms with Crippen LogP contribution in [0.5, 0.6) is 0 Å². The van der Waals surface area contributed by atoms with Gasteiger partial charge in [0.05, 0.1) is 0 Å². The fourth-order valence-electron chi connectivity index (χ4n) is 1.21. The van der Waals surface area contributed by atoms with E-state index in [0.717, 1.165) is 6.42 Å². The molecule has 70 valence electrons. The maximum Gasteiger partial charge on any atom is 0.0243 e. The van der Waals surface area contributed by atoms with Crippen molar-refractivity contribution in [1.29, 1.82) is 0 Å². The molecule has 0 rings (SSSR count). The molecule has 1 nitrogen and oxygen atoms in total. The van der Waals surface area contributed by atoms with Gasteiger partial charge in [0.1, 0.15) is 0 Å². The highest BCUT2D eigenvalue weighted by Crippen LogP contribution is 2.05. The summed E-state index contributed by atoms with van der Waals surface area (Å²) in [4.78, 5) is 0. The lowest BCUT2D eigenvalue weighted by atomic mass is 10.1. The van der Waals surface area contributed by atoms with E-state index in [2.05, 4.69) is 24.1 Å². The molecule has 0 aromatic heterocycles. The first-order valence-electron chi connectivity index (χ1n) is 4.92. The van der Waals surface area contributed by atoms with Crippen molar-refractivity contribution in [3.05, 3.63) is 0 Å². The van der Waals surface area contributed by atoms with Crippen LogP contribution in [0.15, 0.2) is 0 Å². The Balaban J connectivity index is 3.43. The number of unbranched alkanes of at least 4 members (excludes halogenated alkanes) is 2. The van der Waals surface area contributed by atoms with Crippen molar-refractivity contribution in [2.75, 3.05) is 7.05 Å². The minimum absolute atomic E-state index is 0.601. The fourth-order valence-corrected chi connectivity index (χ4v) is 1.21. The second-order valence-electron chi connectivity index (χ2n) is 3.11. The summed E-state index contributed by atoms with van der Waals surface area (Å²) in [5.41, 5.74) is 0. The third kappa shape index (κ3) is 6.24. The molecule has 0 fully saturated rings. The molecule has 0 heterocycles. The van der Waals surface area contributed by atoms with Gasteiger partial charge in [-0.05, 0) is 20.4 Å². The zero-order valence-electron chi connectivity index (χ0n) is 8.61. The molecule has 0 aromatic rings. The molecule has 0 bridgehead atoms. The molecule has 0 saturated heterocycles. The lowest BCUT2D eigenvalue weighted by Gasteiger charge is -2.11. The van der Waals surface area contributed by atoms with Crippen LogP contribution in [0.4, 0.5) is 0 Å². The van der Waals surface area contributed by atoms with E-state index < -0.39 is 0 Å². The molecule has 12 heavy (non-hydrogen) atoms. The van der Waals surface area contributed by atoms with Gasteiger partial charge in [0.25, 0.3) is 0 Å². The zero-order chi connectivity index (χ0) is 9.23. The Morgan fingerprint density at radius 1 is 1.33 bits per heavy atom. The van der Waals surface area contributed by atoms with E-state index in [1.807, 2.05) is 14.0 Å². The first-order valence-corrected chi connectivity index (χ1v) is 4.92. The minimum atomic E-state index is 0.601. The minimum Gasteiger partial charge on any atom is -0.316 e. The monoisotopic (exact) mass is 167 g/mol. The normalized spacial score (nSPS) is 11.9. The van der Waals surface area contributed by atoms with Crippen LogP contribution in [0, 0.1) is 11.8 Å². The molecule has 0 aliphatic heterocycles. The predicted octanol–water partition coefficient (Wildman–Crippen LogP) is 2.57.